The molecule has 0 bridgehead atoms. The quantitative estimate of drug-likeness (QED) is 0.217. The molecule has 5 heterocycles. The van der Waals surface area contributed by atoms with Gasteiger partial charge in [0, 0.05) is 13.1 Å². The SMILES string of the molecule is CC(C)(C)OC(=O)N1CCC[C@@]2(c3nc4ccc(-c5ccc(-c6cnc([C@@H]7CCCN7C(=O)OC(C)(C)C)[nH]6)cc5)cc4[nH]3)SC12. The number of aromatic amines is 2. The predicted octanol–water partition coefficient (Wildman–Crippen LogP) is 7.99. The van der Waals surface area contributed by atoms with E-state index in [1.54, 1.807) is 16.7 Å². The molecule has 0 aliphatic carbocycles. The average molecular weight is 643 g/mol. The monoisotopic (exact) mass is 642 g/mol. The van der Waals surface area contributed by atoms with E-state index in [9.17, 15) is 9.59 Å². The van der Waals surface area contributed by atoms with E-state index in [4.69, 9.17) is 14.5 Å². The summed E-state index contributed by atoms with van der Waals surface area (Å²) in [5, 5.41) is 0.0423. The van der Waals surface area contributed by atoms with Gasteiger partial charge in [0.15, 0.2) is 0 Å². The number of benzene rings is 2. The Morgan fingerprint density at radius 1 is 0.870 bits per heavy atom. The molecule has 1 unspecified atom stereocenters. The van der Waals surface area contributed by atoms with Crippen LogP contribution in [0.5, 0.6) is 0 Å². The molecule has 10 nitrogen and oxygen atoms in total. The van der Waals surface area contributed by atoms with Crippen LogP contribution in [-0.2, 0) is 14.2 Å². The first-order valence-corrected chi connectivity index (χ1v) is 17.0. The van der Waals surface area contributed by atoms with Gasteiger partial charge in [-0.1, -0.05) is 30.3 Å². The number of carbonyl (C=O) groups excluding carboxylic acids is 2. The highest BCUT2D eigenvalue weighted by Gasteiger charge is 2.64. The Morgan fingerprint density at radius 3 is 2.24 bits per heavy atom. The normalized spacial score (nSPS) is 23.0. The summed E-state index contributed by atoms with van der Waals surface area (Å²) in [7, 11) is 0. The van der Waals surface area contributed by atoms with Gasteiger partial charge in [-0.05, 0) is 96.0 Å². The smallest absolute Gasteiger partial charge is 0.411 e. The van der Waals surface area contributed by atoms with Crippen molar-refractivity contribution in [2.24, 2.45) is 0 Å². The van der Waals surface area contributed by atoms with Crippen LogP contribution in [0.25, 0.3) is 33.4 Å². The second-order valence-corrected chi connectivity index (χ2v) is 16.0. The predicted molar refractivity (Wildman–Crippen MR) is 179 cm³/mol. The van der Waals surface area contributed by atoms with Crippen LogP contribution in [0.4, 0.5) is 9.59 Å². The number of piperidine rings is 1. The first-order chi connectivity index (χ1) is 21.8. The van der Waals surface area contributed by atoms with Crippen LogP contribution < -0.4 is 0 Å². The summed E-state index contributed by atoms with van der Waals surface area (Å²) < 4.78 is 11.1. The number of aromatic nitrogens is 4. The van der Waals surface area contributed by atoms with Gasteiger partial charge in [-0.15, -0.1) is 11.8 Å². The van der Waals surface area contributed by atoms with E-state index < -0.39 is 11.2 Å². The molecule has 2 N–H and O–H groups in total. The Bertz CT molecular complexity index is 1780. The van der Waals surface area contributed by atoms with E-state index in [2.05, 4.69) is 57.4 Å². The molecule has 0 spiro atoms. The lowest BCUT2D eigenvalue weighted by atomic mass is 9.97. The third-order valence-corrected chi connectivity index (χ3v) is 10.4. The van der Waals surface area contributed by atoms with Gasteiger partial charge >= 0.3 is 12.2 Å². The molecule has 0 saturated carbocycles. The maximum atomic E-state index is 12.9. The van der Waals surface area contributed by atoms with Crippen LogP contribution in [0.2, 0.25) is 0 Å². The lowest BCUT2D eigenvalue weighted by Gasteiger charge is -2.31. The highest BCUT2D eigenvalue weighted by molar-refractivity contribution is 8.08. The lowest BCUT2D eigenvalue weighted by molar-refractivity contribution is 0.0185. The molecule has 2 aromatic carbocycles. The molecule has 7 rings (SSSR count). The van der Waals surface area contributed by atoms with E-state index >= 15 is 0 Å². The number of carbonyl (C=O) groups is 2. The Morgan fingerprint density at radius 2 is 1.52 bits per heavy atom. The van der Waals surface area contributed by atoms with Gasteiger partial charge in [0.05, 0.1) is 29.0 Å². The molecule has 4 aromatic rings. The summed E-state index contributed by atoms with van der Waals surface area (Å²) in [5.41, 5.74) is 4.97. The zero-order valence-corrected chi connectivity index (χ0v) is 28.2. The fraction of sp³-hybridized carbons (Fsp3) is 0.486. The molecular formula is C35H42N6O4S. The first-order valence-electron chi connectivity index (χ1n) is 16.1. The first kappa shape index (κ1) is 30.7. The maximum absolute atomic E-state index is 12.9. The number of amides is 2. The maximum Gasteiger partial charge on any atom is 0.411 e. The van der Waals surface area contributed by atoms with Gasteiger partial charge in [0.1, 0.15) is 33.0 Å². The Hall–Kier alpha value is -3.99. The molecular weight excluding hydrogens is 600 g/mol. The molecule has 242 valence electrons. The number of hydrogen-bond donors (Lipinski definition) is 2. The fourth-order valence-corrected chi connectivity index (χ4v) is 8.04. The van der Waals surface area contributed by atoms with Crippen LogP contribution in [0.3, 0.4) is 0 Å². The van der Waals surface area contributed by atoms with E-state index in [-0.39, 0.29) is 28.3 Å². The molecule has 11 heteroatoms. The zero-order valence-electron chi connectivity index (χ0n) is 27.3. The van der Waals surface area contributed by atoms with Crippen molar-refractivity contribution in [3.05, 3.63) is 60.3 Å². The van der Waals surface area contributed by atoms with Crippen molar-refractivity contribution in [1.82, 2.24) is 29.7 Å². The molecule has 0 radical (unpaired) electrons. The number of nitrogens with zero attached hydrogens (tertiary/aromatic N) is 4. The summed E-state index contributed by atoms with van der Waals surface area (Å²) >= 11 is 1.79. The number of fused-ring (bicyclic) bond motifs is 2. The zero-order chi connectivity index (χ0) is 32.4. The van der Waals surface area contributed by atoms with Gasteiger partial charge in [-0.3, -0.25) is 9.80 Å². The topological polar surface area (TPSA) is 116 Å². The van der Waals surface area contributed by atoms with Gasteiger partial charge < -0.3 is 19.4 Å². The molecule has 46 heavy (non-hydrogen) atoms. The Balaban J connectivity index is 1.06. The molecule has 2 aromatic heterocycles. The van der Waals surface area contributed by atoms with E-state index in [1.807, 2.05) is 52.6 Å². The third-order valence-electron chi connectivity index (χ3n) is 8.73. The van der Waals surface area contributed by atoms with Gasteiger partial charge in [0.25, 0.3) is 0 Å². The highest BCUT2D eigenvalue weighted by atomic mass is 32.2. The standard InChI is InChI=1S/C35H42N6O4S/c1-33(2,3)44-31(42)40-17-7-9-27(40)28-36-20-26(37-28)22-12-10-21(11-13-22)23-14-15-24-25(19-23)39-29(38-24)35-16-8-18-41(30(35)46-35)32(43)45-34(4,5)6/h10-15,19-20,27,30H,7-9,16-18H2,1-6H3,(H,36,37)(H,38,39)/t27-,30?,35-/m0/s1. The van der Waals surface area contributed by atoms with Crippen LogP contribution >= 0.6 is 11.8 Å². The molecule has 3 aliphatic heterocycles. The summed E-state index contributed by atoms with van der Waals surface area (Å²) in [5.74, 6) is 1.71. The van der Waals surface area contributed by atoms with Crippen molar-refractivity contribution in [1.29, 1.82) is 0 Å². The van der Waals surface area contributed by atoms with Crippen LogP contribution in [0, 0.1) is 0 Å². The summed E-state index contributed by atoms with van der Waals surface area (Å²) in [6, 6.07) is 14.6. The number of nitrogens with one attached hydrogen (secondary N) is 2. The second kappa shape index (κ2) is 11.1. The summed E-state index contributed by atoms with van der Waals surface area (Å²) in [6.45, 7) is 12.7. The van der Waals surface area contributed by atoms with Crippen molar-refractivity contribution < 1.29 is 19.1 Å². The summed E-state index contributed by atoms with van der Waals surface area (Å²) in [6.07, 6.45) is 4.96. The Labute approximate surface area is 273 Å². The largest absolute Gasteiger partial charge is 0.444 e. The number of ether oxygens (including phenoxy) is 2. The Kier molecular flexibility index (Phi) is 7.38. The van der Waals surface area contributed by atoms with Gasteiger partial charge in [-0.25, -0.2) is 19.6 Å². The number of hydrogen-bond acceptors (Lipinski definition) is 7. The van der Waals surface area contributed by atoms with Gasteiger partial charge in [0.2, 0.25) is 0 Å². The van der Waals surface area contributed by atoms with Crippen molar-refractivity contribution in [3.8, 4) is 22.4 Å². The van der Waals surface area contributed by atoms with Crippen LogP contribution in [-0.4, -0.2) is 71.6 Å². The lowest BCUT2D eigenvalue weighted by Crippen LogP contribution is -2.44. The molecule has 3 atom stereocenters. The number of H-pyrrole nitrogens is 2. The fourth-order valence-electron chi connectivity index (χ4n) is 6.57. The minimum Gasteiger partial charge on any atom is -0.444 e. The highest BCUT2D eigenvalue weighted by Crippen LogP contribution is 2.66. The van der Waals surface area contributed by atoms with Crippen LogP contribution in [0.15, 0.2) is 48.7 Å². The summed E-state index contributed by atoms with van der Waals surface area (Å²) in [4.78, 5) is 46.0. The second-order valence-electron chi connectivity index (χ2n) is 14.5. The third kappa shape index (κ3) is 5.85. The van der Waals surface area contributed by atoms with Gasteiger partial charge in [-0.2, -0.15) is 0 Å². The molecule has 3 fully saturated rings. The minimum atomic E-state index is -0.538. The number of rotatable bonds is 4. The number of likely N-dealkylation sites (tertiary alicyclic amines) is 2. The van der Waals surface area contributed by atoms with Crippen LogP contribution in [0.1, 0.15) is 84.9 Å². The van der Waals surface area contributed by atoms with E-state index in [0.29, 0.717) is 13.1 Å². The number of imidazole rings is 2. The average Bonchev–Trinajstić information content (AvgIpc) is 3.37. The van der Waals surface area contributed by atoms with Crippen molar-refractivity contribution in [2.45, 2.75) is 94.6 Å². The van der Waals surface area contributed by atoms with E-state index in [1.165, 1.54) is 0 Å². The number of thioether (sulfide) groups is 1. The molecule has 3 aliphatic rings. The van der Waals surface area contributed by atoms with Crippen molar-refractivity contribution >= 4 is 35.0 Å². The van der Waals surface area contributed by atoms with Crippen molar-refractivity contribution in [3.63, 3.8) is 0 Å². The molecule has 2 amide bonds. The minimum absolute atomic E-state index is 0.0423. The van der Waals surface area contributed by atoms with E-state index in [0.717, 1.165) is 70.7 Å². The molecule has 3 saturated heterocycles. The van der Waals surface area contributed by atoms with Crippen molar-refractivity contribution in [2.75, 3.05) is 13.1 Å².